The minimum atomic E-state index is 0.893. The van der Waals surface area contributed by atoms with Gasteiger partial charge in [0.15, 0.2) is 0 Å². The van der Waals surface area contributed by atoms with Gasteiger partial charge in [-0.05, 0) is 24.1 Å². The van der Waals surface area contributed by atoms with Crippen molar-refractivity contribution in [2.45, 2.75) is 19.5 Å². The summed E-state index contributed by atoms with van der Waals surface area (Å²) in [5, 5.41) is 4.55. The zero-order valence-corrected chi connectivity index (χ0v) is 12.0. The third-order valence-electron chi connectivity index (χ3n) is 3.74. The minimum absolute atomic E-state index is 0.893. The van der Waals surface area contributed by atoms with Gasteiger partial charge in [0.2, 0.25) is 0 Å². The van der Waals surface area contributed by atoms with Crippen LogP contribution in [0.1, 0.15) is 11.4 Å². The Balaban J connectivity index is 1.89. The molecule has 0 saturated carbocycles. The summed E-state index contributed by atoms with van der Waals surface area (Å²) in [4.78, 5) is 4.39. The van der Waals surface area contributed by atoms with Gasteiger partial charge in [0.05, 0.1) is 5.52 Å². The molecule has 2 aromatic heterocycles. The molecule has 3 aromatic rings. The number of aryl methyl sites for hydroxylation is 3. The molecule has 0 aliphatic heterocycles. The number of hydrogen-bond acceptors (Lipinski definition) is 2. The van der Waals surface area contributed by atoms with Crippen molar-refractivity contribution in [1.29, 1.82) is 0 Å². The van der Waals surface area contributed by atoms with E-state index < -0.39 is 0 Å². The summed E-state index contributed by atoms with van der Waals surface area (Å²) in [5.74, 6) is 1.12. The summed E-state index contributed by atoms with van der Waals surface area (Å²) in [6.07, 6.45) is 6.97. The number of imidazole rings is 1. The van der Waals surface area contributed by atoms with Crippen molar-refractivity contribution < 1.29 is 0 Å². The van der Waals surface area contributed by atoms with E-state index in [4.69, 9.17) is 0 Å². The third-order valence-corrected chi connectivity index (χ3v) is 3.74. The molecule has 20 heavy (non-hydrogen) atoms. The number of fused-ring (bicyclic) bond motifs is 1. The quantitative estimate of drug-likeness (QED) is 0.771. The Bertz CT molecular complexity index is 708. The van der Waals surface area contributed by atoms with E-state index in [9.17, 15) is 0 Å². The van der Waals surface area contributed by atoms with Crippen LogP contribution in [0.3, 0.4) is 0 Å². The summed E-state index contributed by atoms with van der Waals surface area (Å²) < 4.78 is 4.41. The van der Waals surface area contributed by atoms with Crippen LogP contribution in [0.25, 0.3) is 10.9 Å². The maximum Gasteiger partial charge on any atom is 0.110 e. The van der Waals surface area contributed by atoms with E-state index >= 15 is 0 Å². The van der Waals surface area contributed by atoms with Crippen LogP contribution in [0.5, 0.6) is 0 Å². The highest BCUT2D eigenvalue weighted by molar-refractivity contribution is 5.83. The number of nitrogens with zero attached hydrogens (tertiary/aromatic N) is 3. The topological polar surface area (TPSA) is 34.8 Å². The molecule has 0 unspecified atom stereocenters. The molecule has 1 N–H and O–H groups in total. The predicted molar refractivity (Wildman–Crippen MR) is 81.6 cm³/mol. The second kappa shape index (κ2) is 5.51. The van der Waals surface area contributed by atoms with E-state index in [1.165, 1.54) is 16.5 Å². The van der Waals surface area contributed by atoms with Crippen LogP contribution in [0.4, 0.5) is 0 Å². The first kappa shape index (κ1) is 12.9. The van der Waals surface area contributed by atoms with Crippen LogP contribution in [-0.2, 0) is 26.6 Å². The van der Waals surface area contributed by atoms with Crippen LogP contribution in [0, 0.1) is 0 Å². The van der Waals surface area contributed by atoms with Crippen molar-refractivity contribution in [2.24, 2.45) is 7.05 Å². The Morgan fingerprint density at radius 2 is 2.10 bits per heavy atom. The highest BCUT2D eigenvalue weighted by atomic mass is 15.0. The fourth-order valence-electron chi connectivity index (χ4n) is 2.72. The number of nitrogens with one attached hydrogen (secondary N) is 1. The third kappa shape index (κ3) is 2.34. The number of para-hydroxylation sites is 1. The van der Waals surface area contributed by atoms with Gasteiger partial charge >= 0.3 is 0 Å². The summed E-state index contributed by atoms with van der Waals surface area (Å²) >= 11 is 0. The number of benzene rings is 1. The van der Waals surface area contributed by atoms with E-state index in [0.29, 0.717) is 0 Å². The Labute approximate surface area is 119 Å². The molecule has 0 atom stereocenters. The number of hydrogen-bond donors (Lipinski definition) is 1. The standard InChI is InChI=1S/C16H20N4/c1-17-12-14-5-3-4-13-6-9-20(16(13)14)10-7-15-18-8-11-19(15)2/h3-6,8-9,11,17H,7,10,12H2,1-2H3. The van der Waals surface area contributed by atoms with Gasteiger partial charge in [-0.25, -0.2) is 4.98 Å². The van der Waals surface area contributed by atoms with Crippen molar-refractivity contribution >= 4 is 10.9 Å². The largest absolute Gasteiger partial charge is 0.347 e. The van der Waals surface area contributed by atoms with Crippen LogP contribution in [0.15, 0.2) is 42.9 Å². The predicted octanol–water partition coefficient (Wildman–Crippen LogP) is 2.34. The van der Waals surface area contributed by atoms with E-state index in [2.05, 4.69) is 49.9 Å². The van der Waals surface area contributed by atoms with E-state index in [0.717, 1.165) is 25.3 Å². The maximum absolute atomic E-state index is 4.39. The smallest absolute Gasteiger partial charge is 0.110 e. The highest BCUT2D eigenvalue weighted by Gasteiger charge is 2.07. The normalized spacial score (nSPS) is 11.3. The summed E-state index contributed by atoms with van der Waals surface area (Å²) in [5.41, 5.74) is 2.67. The molecule has 3 rings (SSSR count). The molecule has 0 aliphatic rings. The Morgan fingerprint density at radius 1 is 1.20 bits per heavy atom. The SMILES string of the molecule is CNCc1cccc2ccn(CCc3nccn3C)c12. The first-order valence-corrected chi connectivity index (χ1v) is 6.97. The average molecular weight is 268 g/mol. The van der Waals surface area contributed by atoms with Crippen LogP contribution in [-0.4, -0.2) is 21.2 Å². The van der Waals surface area contributed by atoms with Crippen molar-refractivity contribution in [1.82, 2.24) is 19.4 Å². The van der Waals surface area contributed by atoms with Crippen molar-refractivity contribution in [3.63, 3.8) is 0 Å². The van der Waals surface area contributed by atoms with Gasteiger partial charge in [-0.3, -0.25) is 0 Å². The molecule has 0 bridgehead atoms. The fourth-order valence-corrected chi connectivity index (χ4v) is 2.72. The molecule has 1 aromatic carbocycles. The lowest BCUT2D eigenvalue weighted by Crippen LogP contribution is -2.09. The Morgan fingerprint density at radius 3 is 2.85 bits per heavy atom. The zero-order valence-electron chi connectivity index (χ0n) is 12.0. The van der Waals surface area contributed by atoms with E-state index in [1.54, 1.807) is 0 Å². The van der Waals surface area contributed by atoms with Crippen molar-refractivity contribution in [2.75, 3.05) is 7.05 Å². The van der Waals surface area contributed by atoms with Gasteiger partial charge in [-0.1, -0.05) is 18.2 Å². The molecule has 0 spiro atoms. The summed E-state index contributed by atoms with van der Waals surface area (Å²) in [6.45, 7) is 1.85. The van der Waals surface area contributed by atoms with E-state index in [1.807, 2.05) is 26.5 Å². The molecule has 0 amide bonds. The molecule has 0 fully saturated rings. The Hall–Kier alpha value is -2.07. The average Bonchev–Trinajstić information content (AvgIpc) is 3.04. The second-order valence-electron chi connectivity index (χ2n) is 5.10. The zero-order chi connectivity index (χ0) is 13.9. The molecule has 104 valence electrons. The van der Waals surface area contributed by atoms with Gasteiger partial charge in [0.1, 0.15) is 5.82 Å². The summed E-state index contributed by atoms with van der Waals surface area (Å²) in [7, 11) is 4.03. The number of aromatic nitrogens is 3. The molecule has 4 heteroatoms. The fraction of sp³-hybridized carbons (Fsp3) is 0.312. The van der Waals surface area contributed by atoms with E-state index in [-0.39, 0.29) is 0 Å². The molecule has 0 saturated heterocycles. The van der Waals surface area contributed by atoms with Crippen LogP contribution >= 0.6 is 0 Å². The lowest BCUT2D eigenvalue weighted by Gasteiger charge is -2.10. The first-order valence-electron chi connectivity index (χ1n) is 6.97. The van der Waals surface area contributed by atoms with Crippen molar-refractivity contribution in [3.05, 3.63) is 54.2 Å². The molecule has 4 nitrogen and oxygen atoms in total. The van der Waals surface area contributed by atoms with Gasteiger partial charge in [0.25, 0.3) is 0 Å². The molecule has 0 radical (unpaired) electrons. The van der Waals surface area contributed by atoms with Gasteiger partial charge in [-0.15, -0.1) is 0 Å². The van der Waals surface area contributed by atoms with Gasteiger partial charge in [0, 0.05) is 45.1 Å². The molecular formula is C16H20N4. The lowest BCUT2D eigenvalue weighted by molar-refractivity contribution is 0.665. The van der Waals surface area contributed by atoms with Crippen LogP contribution in [0.2, 0.25) is 0 Å². The molecular weight excluding hydrogens is 248 g/mol. The lowest BCUT2D eigenvalue weighted by atomic mass is 10.1. The highest BCUT2D eigenvalue weighted by Crippen LogP contribution is 2.20. The van der Waals surface area contributed by atoms with Crippen LogP contribution < -0.4 is 5.32 Å². The first-order chi connectivity index (χ1) is 9.79. The maximum atomic E-state index is 4.39. The monoisotopic (exact) mass is 268 g/mol. The molecule has 2 heterocycles. The second-order valence-corrected chi connectivity index (χ2v) is 5.10. The minimum Gasteiger partial charge on any atom is -0.347 e. The van der Waals surface area contributed by atoms with Crippen molar-refractivity contribution in [3.8, 4) is 0 Å². The number of rotatable bonds is 5. The van der Waals surface area contributed by atoms with Gasteiger partial charge < -0.3 is 14.5 Å². The summed E-state index contributed by atoms with van der Waals surface area (Å²) in [6, 6.07) is 8.67. The Kier molecular flexibility index (Phi) is 3.56. The molecule has 0 aliphatic carbocycles. The van der Waals surface area contributed by atoms with Gasteiger partial charge in [-0.2, -0.15) is 0 Å².